The molecule has 2 nitrogen and oxygen atoms in total. The number of hydrogen-bond donors (Lipinski definition) is 0. The summed E-state index contributed by atoms with van der Waals surface area (Å²) in [7, 11) is 0. The molecule has 94 valence electrons. The van der Waals surface area contributed by atoms with Crippen LogP contribution in [0.1, 0.15) is 33.6 Å². The summed E-state index contributed by atoms with van der Waals surface area (Å²) >= 11 is 5.77. The van der Waals surface area contributed by atoms with Crippen molar-refractivity contribution in [2.24, 2.45) is 5.41 Å². The van der Waals surface area contributed by atoms with Crippen molar-refractivity contribution in [3.05, 3.63) is 29.3 Å². The van der Waals surface area contributed by atoms with Crippen LogP contribution in [0.4, 0.5) is 0 Å². The van der Waals surface area contributed by atoms with Crippen molar-refractivity contribution in [3.63, 3.8) is 0 Å². The van der Waals surface area contributed by atoms with Crippen LogP contribution in [0.5, 0.6) is 5.75 Å². The maximum Gasteiger partial charge on any atom is 0.176 e. The van der Waals surface area contributed by atoms with Gasteiger partial charge >= 0.3 is 0 Å². The Hall–Kier alpha value is -1.02. The summed E-state index contributed by atoms with van der Waals surface area (Å²) in [6.45, 7) is 6.17. The molecule has 0 atom stereocenters. The zero-order valence-electron chi connectivity index (χ0n) is 10.6. The van der Waals surface area contributed by atoms with E-state index >= 15 is 0 Å². The lowest BCUT2D eigenvalue weighted by Gasteiger charge is -2.24. The number of rotatable bonds is 6. The van der Waals surface area contributed by atoms with Gasteiger partial charge in [-0.15, -0.1) is 0 Å². The Morgan fingerprint density at radius 3 is 2.24 bits per heavy atom. The molecule has 0 aliphatic rings. The summed E-state index contributed by atoms with van der Waals surface area (Å²) < 4.78 is 5.46. The van der Waals surface area contributed by atoms with Crippen LogP contribution in [-0.4, -0.2) is 12.4 Å². The van der Waals surface area contributed by atoms with E-state index in [1.165, 1.54) is 0 Å². The highest BCUT2D eigenvalue weighted by atomic mass is 35.5. The third-order valence-corrected chi connectivity index (χ3v) is 3.67. The number of Topliss-reactive ketones (excluding diaryl/α,β-unsaturated/α-hetero) is 1. The van der Waals surface area contributed by atoms with E-state index in [9.17, 15) is 4.79 Å². The van der Waals surface area contributed by atoms with Gasteiger partial charge in [-0.2, -0.15) is 0 Å². The van der Waals surface area contributed by atoms with Gasteiger partial charge in [0.25, 0.3) is 0 Å². The number of ether oxygens (including phenoxy) is 1. The first-order valence-electron chi connectivity index (χ1n) is 5.93. The minimum absolute atomic E-state index is 0.125. The number of hydrogen-bond acceptors (Lipinski definition) is 2. The van der Waals surface area contributed by atoms with Crippen LogP contribution >= 0.6 is 11.6 Å². The van der Waals surface area contributed by atoms with Crippen LogP contribution in [0.15, 0.2) is 24.3 Å². The van der Waals surface area contributed by atoms with Gasteiger partial charge in [-0.3, -0.25) is 4.79 Å². The third kappa shape index (κ3) is 3.74. The van der Waals surface area contributed by atoms with Crippen LogP contribution < -0.4 is 4.74 Å². The van der Waals surface area contributed by atoms with Gasteiger partial charge in [-0.25, -0.2) is 0 Å². The first-order valence-corrected chi connectivity index (χ1v) is 6.31. The number of halogens is 1. The van der Waals surface area contributed by atoms with Crippen molar-refractivity contribution in [2.75, 3.05) is 6.61 Å². The van der Waals surface area contributed by atoms with E-state index in [4.69, 9.17) is 16.3 Å². The molecule has 1 rings (SSSR count). The van der Waals surface area contributed by atoms with Crippen LogP contribution in [0.25, 0.3) is 0 Å². The molecule has 0 heterocycles. The number of carbonyl (C=O) groups excluding carboxylic acids is 1. The fraction of sp³-hybridized carbons (Fsp3) is 0.500. The van der Waals surface area contributed by atoms with Gasteiger partial charge in [0.2, 0.25) is 0 Å². The third-order valence-electron chi connectivity index (χ3n) is 3.42. The summed E-state index contributed by atoms with van der Waals surface area (Å²) in [5.74, 6) is 0.828. The van der Waals surface area contributed by atoms with Crippen molar-refractivity contribution in [1.82, 2.24) is 0 Å². The van der Waals surface area contributed by atoms with Crippen molar-refractivity contribution >= 4 is 17.4 Å². The number of carbonyl (C=O) groups is 1. The highest BCUT2D eigenvalue weighted by Gasteiger charge is 2.29. The molecule has 0 unspecified atom stereocenters. The second-order valence-corrected chi connectivity index (χ2v) is 4.87. The maximum absolute atomic E-state index is 12.0. The minimum Gasteiger partial charge on any atom is -0.486 e. The number of benzene rings is 1. The Kier molecular flexibility index (Phi) is 5.01. The zero-order chi connectivity index (χ0) is 12.9. The summed E-state index contributed by atoms with van der Waals surface area (Å²) in [6.07, 6.45) is 1.68. The fourth-order valence-electron chi connectivity index (χ4n) is 1.50. The van der Waals surface area contributed by atoms with Crippen LogP contribution in [0, 0.1) is 5.41 Å². The molecule has 0 fully saturated rings. The van der Waals surface area contributed by atoms with Crippen molar-refractivity contribution in [1.29, 1.82) is 0 Å². The summed E-state index contributed by atoms with van der Waals surface area (Å²) in [6, 6.07) is 7.04. The van der Waals surface area contributed by atoms with Gasteiger partial charge < -0.3 is 4.74 Å². The van der Waals surface area contributed by atoms with E-state index < -0.39 is 0 Å². The van der Waals surface area contributed by atoms with E-state index in [1.54, 1.807) is 24.3 Å². The topological polar surface area (TPSA) is 26.3 Å². The average Bonchev–Trinajstić information content (AvgIpc) is 2.36. The molecular weight excluding hydrogens is 236 g/mol. The lowest BCUT2D eigenvalue weighted by molar-refractivity contribution is -0.130. The molecule has 0 N–H and O–H groups in total. The standard InChI is InChI=1S/C14H19ClO2/c1-4-14(3,5-2)13(16)10-17-12-8-6-11(15)7-9-12/h6-9H,4-5,10H2,1-3H3. The fourth-order valence-corrected chi connectivity index (χ4v) is 1.62. The maximum atomic E-state index is 12.0. The summed E-state index contributed by atoms with van der Waals surface area (Å²) in [4.78, 5) is 12.0. The van der Waals surface area contributed by atoms with Gasteiger partial charge in [0.05, 0.1) is 0 Å². The normalized spacial score (nSPS) is 11.3. The van der Waals surface area contributed by atoms with Gasteiger partial charge in [0, 0.05) is 10.4 Å². The van der Waals surface area contributed by atoms with Crippen LogP contribution in [0.3, 0.4) is 0 Å². The molecule has 0 radical (unpaired) electrons. The molecule has 0 amide bonds. The van der Waals surface area contributed by atoms with Gasteiger partial charge in [-0.1, -0.05) is 32.4 Å². The Bertz CT molecular complexity index is 366. The van der Waals surface area contributed by atoms with Gasteiger partial charge in [0.15, 0.2) is 5.78 Å². The SMILES string of the molecule is CCC(C)(CC)C(=O)COc1ccc(Cl)cc1. The number of ketones is 1. The zero-order valence-corrected chi connectivity index (χ0v) is 11.4. The molecule has 17 heavy (non-hydrogen) atoms. The first-order chi connectivity index (χ1) is 8.01. The lowest BCUT2D eigenvalue weighted by atomic mass is 9.81. The summed E-state index contributed by atoms with van der Waals surface area (Å²) in [5, 5.41) is 0.663. The largest absolute Gasteiger partial charge is 0.486 e. The molecule has 0 aliphatic carbocycles. The van der Waals surface area contributed by atoms with Gasteiger partial charge in [0.1, 0.15) is 12.4 Å². The highest BCUT2D eigenvalue weighted by Crippen LogP contribution is 2.27. The smallest absolute Gasteiger partial charge is 0.176 e. The second kappa shape index (κ2) is 6.06. The van der Waals surface area contributed by atoms with Crippen molar-refractivity contribution < 1.29 is 9.53 Å². The molecule has 0 bridgehead atoms. The molecule has 0 spiro atoms. The van der Waals surface area contributed by atoms with Crippen molar-refractivity contribution in [3.8, 4) is 5.75 Å². The first kappa shape index (κ1) is 14.0. The molecule has 0 aliphatic heterocycles. The lowest BCUT2D eigenvalue weighted by Crippen LogP contribution is -2.31. The van der Waals surface area contributed by atoms with Gasteiger partial charge in [-0.05, 0) is 37.1 Å². The molecule has 0 saturated heterocycles. The predicted molar refractivity (Wildman–Crippen MR) is 70.6 cm³/mol. The molecule has 1 aromatic carbocycles. The van der Waals surface area contributed by atoms with E-state index in [0.29, 0.717) is 10.8 Å². The van der Waals surface area contributed by atoms with Crippen LogP contribution in [0.2, 0.25) is 5.02 Å². The highest BCUT2D eigenvalue weighted by molar-refractivity contribution is 6.30. The molecular formula is C14H19ClO2. The minimum atomic E-state index is -0.271. The Labute approximate surface area is 108 Å². The Balaban J connectivity index is 2.56. The molecule has 1 aromatic rings. The van der Waals surface area contributed by atoms with E-state index in [2.05, 4.69) is 0 Å². The van der Waals surface area contributed by atoms with Crippen molar-refractivity contribution in [2.45, 2.75) is 33.6 Å². The predicted octanol–water partition coefficient (Wildman–Crippen LogP) is 4.11. The monoisotopic (exact) mass is 254 g/mol. The second-order valence-electron chi connectivity index (χ2n) is 4.43. The molecule has 0 aromatic heterocycles. The Morgan fingerprint density at radius 1 is 1.24 bits per heavy atom. The molecule has 3 heteroatoms. The molecule has 0 saturated carbocycles. The average molecular weight is 255 g/mol. The van der Waals surface area contributed by atoms with E-state index in [0.717, 1.165) is 12.8 Å². The van der Waals surface area contributed by atoms with Crippen LogP contribution in [-0.2, 0) is 4.79 Å². The van der Waals surface area contributed by atoms with E-state index in [1.807, 2.05) is 20.8 Å². The Morgan fingerprint density at radius 2 is 1.76 bits per heavy atom. The quantitative estimate of drug-likeness (QED) is 0.764. The van der Waals surface area contributed by atoms with E-state index in [-0.39, 0.29) is 17.8 Å². The summed E-state index contributed by atoms with van der Waals surface area (Å²) in [5.41, 5.74) is -0.271.